The first kappa shape index (κ1) is 20.7. The van der Waals surface area contributed by atoms with Crippen LogP contribution < -0.4 is 0 Å². The number of ether oxygens (including phenoxy) is 1. The predicted octanol–water partition coefficient (Wildman–Crippen LogP) is 4.12. The van der Waals surface area contributed by atoms with Crippen molar-refractivity contribution in [3.8, 4) is 11.4 Å². The number of benzene rings is 2. The van der Waals surface area contributed by atoms with Gasteiger partial charge in [0.15, 0.2) is 0 Å². The lowest BCUT2D eigenvalue weighted by Crippen LogP contribution is -2.36. The zero-order valence-electron chi connectivity index (χ0n) is 16.8. The van der Waals surface area contributed by atoms with Gasteiger partial charge < -0.3 is 14.2 Å². The number of amides is 1. The summed E-state index contributed by atoms with van der Waals surface area (Å²) >= 11 is 0. The highest BCUT2D eigenvalue weighted by Crippen LogP contribution is 2.15. The molecule has 0 fully saturated rings. The zero-order chi connectivity index (χ0) is 20.3. The Morgan fingerprint density at radius 3 is 2.48 bits per heavy atom. The van der Waals surface area contributed by atoms with E-state index in [0.717, 1.165) is 24.0 Å². The van der Waals surface area contributed by atoms with Crippen molar-refractivity contribution in [2.45, 2.75) is 32.8 Å². The first-order valence-electron chi connectivity index (χ1n) is 10.0. The van der Waals surface area contributed by atoms with Crippen molar-refractivity contribution in [3.63, 3.8) is 0 Å². The number of nitrogens with zero attached hydrogens (tertiary/aromatic N) is 3. The van der Waals surface area contributed by atoms with Gasteiger partial charge in [-0.25, -0.2) is 0 Å². The van der Waals surface area contributed by atoms with Gasteiger partial charge in [-0.3, -0.25) is 4.79 Å². The lowest BCUT2D eigenvalue weighted by molar-refractivity contribution is -0.136. The number of unbranched alkanes of at least 4 members (excludes halogenated alkanes) is 1. The molecule has 3 rings (SSSR count). The fourth-order valence-electron chi connectivity index (χ4n) is 2.92. The summed E-state index contributed by atoms with van der Waals surface area (Å²) in [5, 5.41) is 4.04. The van der Waals surface area contributed by atoms with E-state index in [9.17, 15) is 4.79 Å². The van der Waals surface area contributed by atoms with Crippen LogP contribution in [0.15, 0.2) is 65.2 Å². The average molecular weight is 393 g/mol. The molecule has 0 saturated carbocycles. The van der Waals surface area contributed by atoms with Crippen molar-refractivity contribution in [3.05, 3.63) is 72.1 Å². The van der Waals surface area contributed by atoms with E-state index in [4.69, 9.17) is 9.26 Å². The van der Waals surface area contributed by atoms with E-state index >= 15 is 0 Å². The van der Waals surface area contributed by atoms with Crippen LogP contribution in [-0.4, -0.2) is 40.6 Å². The molecule has 1 amide bonds. The maximum atomic E-state index is 12.6. The van der Waals surface area contributed by atoms with Crippen LogP contribution in [0.25, 0.3) is 11.4 Å². The summed E-state index contributed by atoms with van der Waals surface area (Å²) in [5.41, 5.74) is 1.97. The quantitative estimate of drug-likeness (QED) is 0.490. The lowest BCUT2D eigenvalue weighted by Gasteiger charge is -2.21. The fraction of sp³-hybridized carbons (Fsp3) is 0.348. The summed E-state index contributed by atoms with van der Waals surface area (Å²) in [6.07, 6.45) is 2.49. The molecule has 0 aliphatic heterocycles. The third kappa shape index (κ3) is 6.54. The second kappa shape index (κ2) is 11.1. The molecule has 0 radical (unpaired) electrons. The molecule has 0 spiro atoms. The van der Waals surface area contributed by atoms with E-state index in [2.05, 4.69) is 17.1 Å². The van der Waals surface area contributed by atoms with Crippen molar-refractivity contribution in [2.75, 3.05) is 19.7 Å². The van der Waals surface area contributed by atoms with E-state index in [1.54, 1.807) is 0 Å². The van der Waals surface area contributed by atoms with Crippen molar-refractivity contribution in [1.29, 1.82) is 0 Å². The smallest absolute Gasteiger partial charge is 0.248 e. The first-order chi connectivity index (χ1) is 14.3. The zero-order valence-corrected chi connectivity index (χ0v) is 16.8. The van der Waals surface area contributed by atoms with Gasteiger partial charge in [0, 0.05) is 25.1 Å². The molecule has 0 bridgehead atoms. The van der Waals surface area contributed by atoms with Crippen LogP contribution in [0.1, 0.15) is 31.2 Å². The Morgan fingerprint density at radius 1 is 1.03 bits per heavy atom. The summed E-state index contributed by atoms with van der Waals surface area (Å²) in [6, 6.07) is 19.6. The van der Waals surface area contributed by atoms with E-state index in [-0.39, 0.29) is 12.5 Å². The standard InChI is InChI=1S/C23H27N3O3/c1-2-3-15-26(22(27)18-28-17-19-10-6-4-7-11-19)16-14-21-24-23(25-29-21)20-12-8-5-9-13-20/h4-13H,2-3,14-18H2,1H3. The maximum absolute atomic E-state index is 12.6. The monoisotopic (exact) mass is 393 g/mol. The van der Waals surface area contributed by atoms with Crippen LogP contribution in [0.5, 0.6) is 0 Å². The van der Waals surface area contributed by atoms with E-state index < -0.39 is 0 Å². The molecule has 1 heterocycles. The fourth-order valence-corrected chi connectivity index (χ4v) is 2.92. The topological polar surface area (TPSA) is 68.5 Å². The highest BCUT2D eigenvalue weighted by molar-refractivity contribution is 5.77. The van der Waals surface area contributed by atoms with Gasteiger partial charge >= 0.3 is 0 Å². The molecule has 152 valence electrons. The largest absolute Gasteiger partial charge is 0.367 e. The Morgan fingerprint density at radius 2 is 1.76 bits per heavy atom. The molecule has 0 aliphatic rings. The van der Waals surface area contributed by atoms with Gasteiger partial charge in [0.25, 0.3) is 0 Å². The molecule has 3 aromatic rings. The van der Waals surface area contributed by atoms with Gasteiger partial charge in [-0.05, 0) is 12.0 Å². The average Bonchev–Trinajstić information content (AvgIpc) is 3.24. The summed E-state index contributed by atoms with van der Waals surface area (Å²) < 4.78 is 11.0. The molecular weight excluding hydrogens is 366 g/mol. The second-order valence-electron chi connectivity index (χ2n) is 6.84. The minimum absolute atomic E-state index is 0.0165. The SMILES string of the molecule is CCCCN(CCc1nc(-c2ccccc2)no1)C(=O)COCc1ccccc1. The van der Waals surface area contributed by atoms with Crippen LogP contribution in [0.3, 0.4) is 0 Å². The van der Waals surface area contributed by atoms with Crippen LogP contribution in [0.4, 0.5) is 0 Å². The predicted molar refractivity (Wildman–Crippen MR) is 111 cm³/mol. The highest BCUT2D eigenvalue weighted by Gasteiger charge is 2.16. The van der Waals surface area contributed by atoms with Gasteiger partial charge in [0.1, 0.15) is 6.61 Å². The van der Waals surface area contributed by atoms with Crippen LogP contribution in [0.2, 0.25) is 0 Å². The van der Waals surface area contributed by atoms with Gasteiger partial charge in [-0.1, -0.05) is 79.2 Å². The molecule has 0 aliphatic carbocycles. The van der Waals surface area contributed by atoms with Crippen LogP contribution >= 0.6 is 0 Å². The van der Waals surface area contributed by atoms with Crippen molar-refractivity contribution >= 4 is 5.91 Å². The van der Waals surface area contributed by atoms with E-state index in [1.807, 2.05) is 65.6 Å². The molecule has 0 unspecified atom stereocenters. The maximum Gasteiger partial charge on any atom is 0.248 e. The Labute approximate surface area is 171 Å². The molecule has 29 heavy (non-hydrogen) atoms. The number of hydrogen-bond donors (Lipinski definition) is 0. The summed E-state index contributed by atoms with van der Waals surface area (Å²) in [5.74, 6) is 1.08. The molecule has 0 saturated heterocycles. The second-order valence-corrected chi connectivity index (χ2v) is 6.84. The Kier molecular flexibility index (Phi) is 7.95. The third-order valence-electron chi connectivity index (χ3n) is 4.57. The minimum atomic E-state index is -0.0165. The van der Waals surface area contributed by atoms with Crippen LogP contribution in [0, 0.1) is 0 Å². The van der Waals surface area contributed by atoms with Crippen molar-refractivity contribution < 1.29 is 14.1 Å². The summed E-state index contributed by atoms with van der Waals surface area (Å²) in [6.45, 7) is 3.84. The number of aromatic nitrogens is 2. The van der Waals surface area contributed by atoms with Crippen molar-refractivity contribution in [2.24, 2.45) is 0 Å². The Hall–Kier alpha value is -2.99. The lowest BCUT2D eigenvalue weighted by atomic mass is 10.2. The summed E-state index contributed by atoms with van der Waals surface area (Å²) in [7, 11) is 0. The molecule has 6 heteroatoms. The Balaban J connectivity index is 1.51. The minimum Gasteiger partial charge on any atom is -0.367 e. The molecule has 1 aromatic heterocycles. The third-order valence-corrected chi connectivity index (χ3v) is 4.57. The number of carbonyl (C=O) groups is 1. The number of carbonyl (C=O) groups excluding carboxylic acids is 1. The summed E-state index contributed by atoms with van der Waals surface area (Å²) in [4.78, 5) is 18.9. The van der Waals surface area contributed by atoms with Gasteiger partial charge in [-0.15, -0.1) is 0 Å². The molecule has 0 N–H and O–H groups in total. The van der Waals surface area contributed by atoms with Gasteiger partial charge in [0.05, 0.1) is 6.61 Å². The molecule has 6 nitrogen and oxygen atoms in total. The van der Waals surface area contributed by atoms with Crippen molar-refractivity contribution in [1.82, 2.24) is 15.0 Å². The van der Waals surface area contributed by atoms with Gasteiger partial charge in [0.2, 0.25) is 17.6 Å². The number of hydrogen-bond acceptors (Lipinski definition) is 5. The Bertz CT molecular complexity index is 865. The molecule has 2 aromatic carbocycles. The first-order valence-corrected chi connectivity index (χ1v) is 10.0. The normalized spacial score (nSPS) is 10.8. The highest BCUT2D eigenvalue weighted by atomic mass is 16.5. The van der Waals surface area contributed by atoms with E-state index in [0.29, 0.717) is 37.8 Å². The van der Waals surface area contributed by atoms with E-state index in [1.165, 1.54) is 0 Å². The number of rotatable bonds is 11. The van der Waals surface area contributed by atoms with Crippen LogP contribution in [-0.2, 0) is 22.6 Å². The molecule has 0 atom stereocenters. The molecular formula is C23H27N3O3. The van der Waals surface area contributed by atoms with Gasteiger partial charge in [-0.2, -0.15) is 4.98 Å².